The van der Waals surface area contributed by atoms with Gasteiger partial charge in [0.1, 0.15) is 5.56 Å². The van der Waals surface area contributed by atoms with Crippen molar-refractivity contribution >= 4 is 43.6 Å². The van der Waals surface area contributed by atoms with Crippen LogP contribution in [0.25, 0.3) is 111 Å². The van der Waals surface area contributed by atoms with E-state index in [4.69, 9.17) is 0 Å². The molecule has 326 valence electrons. The van der Waals surface area contributed by atoms with Crippen molar-refractivity contribution in [2.24, 2.45) is 0 Å². The number of benzene rings is 10. The lowest BCUT2D eigenvalue weighted by Crippen LogP contribution is -2.16. The predicted molar refractivity (Wildman–Crippen MR) is 267 cm³/mol. The smallest absolute Gasteiger partial charge is 0.308 e. The van der Waals surface area contributed by atoms with E-state index in [-0.39, 0.29) is 22.5 Å². The number of hydrogen-bond donors (Lipinski definition) is 0. The number of hydrogen-bond acceptors (Lipinski definition) is 0. The summed E-state index contributed by atoms with van der Waals surface area (Å²) < 4.78 is 84.5. The van der Waals surface area contributed by atoms with Gasteiger partial charge in [0.05, 0.1) is 33.4 Å². The van der Waals surface area contributed by atoms with E-state index in [1.54, 1.807) is 9.13 Å². The van der Waals surface area contributed by atoms with E-state index in [1.165, 1.54) is 18.2 Å². The summed E-state index contributed by atoms with van der Waals surface area (Å²) in [5.74, 6) is -2.17. The van der Waals surface area contributed by atoms with E-state index in [9.17, 15) is 4.39 Å². The lowest BCUT2D eigenvalue weighted by atomic mass is 9.98. The van der Waals surface area contributed by atoms with Crippen LogP contribution in [0.4, 0.5) is 22.0 Å². The number of fused-ring (bicyclic) bond motifs is 6. The summed E-state index contributed by atoms with van der Waals surface area (Å²) >= 11 is 0. The fraction of sp³-hybridized carbons (Fsp3) is 0.0164. The van der Waals surface area contributed by atoms with Gasteiger partial charge in [-0.1, -0.05) is 176 Å². The molecule has 12 rings (SSSR count). The molecule has 0 saturated heterocycles. The predicted octanol–water partition coefficient (Wildman–Crippen LogP) is 17.5. The third-order valence-electron chi connectivity index (χ3n) is 13.1. The molecule has 0 aliphatic heterocycles. The van der Waals surface area contributed by atoms with Gasteiger partial charge in [0.25, 0.3) is 0 Å². The van der Waals surface area contributed by atoms with Crippen LogP contribution in [0.1, 0.15) is 5.56 Å². The largest absolute Gasteiger partial charge is 0.420 e. The van der Waals surface area contributed by atoms with Gasteiger partial charge in [-0.25, -0.2) is 8.78 Å². The molecular formula is C61H37F5N2. The molecule has 2 heterocycles. The highest BCUT2D eigenvalue weighted by atomic mass is 19.4. The van der Waals surface area contributed by atoms with Crippen molar-refractivity contribution in [2.45, 2.75) is 6.18 Å². The van der Waals surface area contributed by atoms with Crippen LogP contribution < -0.4 is 0 Å². The third-order valence-corrected chi connectivity index (χ3v) is 13.1. The molecule has 2 aromatic heterocycles. The zero-order valence-corrected chi connectivity index (χ0v) is 36.1. The maximum atomic E-state index is 17.0. The Labute approximate surface area is 388 Å². The zero-order valence-electron chi connectivity index (χ0n) is 36.1. The summed E-state index contributed by atoms with van der Waals surface area (Å²) in [5.41, 5.74) is 8.32. The highest BCUT2D eigenvalue weighted by Gasteiger charge is 2.40. The van der Waals surface area contributed by atoms with Crippen LogP contribution in [0.15, 0.2) is 224 Å². The molecule has 0 N–H and O–H groups in total. The molecule has 0 radical (unpaired) electrons. The lowest BCUT2D eigenvalue weighted by Gasteiger charge is -2.23. The summed E-state index contributed by atoms with van der Waals surface area (Å²) in [5, 5.41) is 3.02. The molecule has 0 bridgehead atoms. The molecular weight excluding hydrogens is 856 g/mol. The Morgan fingerprint density at radius 1 is 0.265 bits per heavy atom. The maximum Gasteiger partial charge on any atom is 0.420 e. The van der Waals surface area contributed by atoms with Gasteiger partial charge in [0.2, 0.25) is 0 Å². The Kier molecular flexibility index (Phi) is 9.69. The van der Waals surface area contributed by atoms with Crippen LogP contribution >= 0.6 is 0 Å². The van der Waals surface area contributed by atoms with Crippen LogP contribution in [0.5, 0.6) is 0 Å². The van der Waals surface area contributed by atoms with Gasteiger partial charge in [-0.05, 0) is 104 Å². The maximum absolute atomic E-state index is 17.0. The van der Waals surface area contributed by atoms with Crippen LogP contribution in [0, 0.1) is 11.6 Å². The van der Waals surface area contributed by atoms with Crippen molar-refractivity contribution in [2.75, 3.05) is 0 Å². The van der Waals surface area contributed by atoms with E-state index in [2.05, 4.69) is 0 Å². The van der Waals surface area contributed by atoms with Gasteiger partial charge in [-0.2, -0.15) is 13.2 Å². The number of alkyl halides is 3. The first kappa shape index (κ1) is 40.9. The molecule has 0 unspecified atom stereocenters. The minimum Gasteiger partial charge on any atom is -0.308 e. The number of nitrogens with zero attached hydrogens (tertiary/aromatic N) is 2. The topological polar surface area (TPSA) is 9.86 Å². The van der Waals surface area contributed by atoms with Gasteiger partial charge in [-0.3, -0.25) is 0 Å². The minimum absolute atomic E-state index is 0.168. The van der Waals surface area contributed by atoms with Gasteiger partial charge in [0, 0.05) is 21.5 Å². The third kappa shape index (κ3) is 6.94. The summed E-state index contributed by atoms with van der Waals surface area (Å²) in [6.07, 6.45) is -4.95. The summed E-state index contributed by atoms with van der Waals surface area (Å²) in [6.45, 7) is 0. The molecule has 0 amide bonds. The van der Waals surface area contributed by atoms with Crippen molar-refractivity contribution in [3.63, 3.8) is 0 Å². The van der Waals surface area contributed by atoms with Gasteiger partial charge in [0.15, 0.2) is 11.6 Å². The zero-order chi connectivity index (χ0) is 46.1. The Balaban J connectivity index is 1.26. The fourth-order valence-electron chi connectivity index (χ4n) is 9.89. The van der Waals surface area contributed by atoms with Gasteiger partial charge in [-0.15, -0.1) is 0 Å². The highest BCUT2D eigenvalue weighted by molar-refractivity contribution is 6.13. The van der Waals surface area contributed by atoms with Crippen molar-refractivity contribution in [3.05, 3.63) is 242 Å². The molecule has 68 heavy (non-hydrogen) atoms. The molecule has 12 aromatic rings. The molecule has 7 heteroatoms. The molecule has 0 aliphatic carbocycles. The average Bonchev–Trinajstić information content (AvgIpc) is 3.88. The highest BCUT2D eigenvalue weighted by Crippen LogP contribution is 2.48. The van der Waals surface area contributed by atoms with Gasteiger partial charge < -0.3 is 9.13 Å². The van der Waals surface area contributed by atoms with Crippen LogP contribution in [0.2, 0.25) is 0 Å². The Bertz CT molecular complexity index is 3480. The second kappa shape index (κ2) is 16.1. The first-order valence-electron chi connectivity index (χ1n) is 22.3. The standard InChI is InChI=1S/C61H37F5N2/c62-52-30-25-42(31-53(52)63)47-36-58(67-54-32-43(38-13-5-1-6-14-38)21-26-48(54)49-27-22-44(33-55(49)67)39-15-7-2-8-16-39)60(61(64,65)66)59(37-47)68-56-34-45(40-17-9-3-10-18-40)23-28-50(56)51-29-24-46(35-57(51)68)41-19-11-4-12-20-41/h1-37H. The quantitative estimate of drug-likeness (QED) is 0.141. The molecule has 0 saturated carbocycles. The molecule has 0 aliphatic rings. The summed E-state index contributed by atoms with van der Waals surface area (Å²) in [6, 6.07) is 68.9. The summed E-state index contributed by atoms with van der Waals surface area (Å²) in [4.78, 5) is 0. The van der Waals surface area contributed by atoms with Gasteiger partial charge >= 0.3 is 6.18 Å². The number of aromatic nitrogens is 2. The molecule has 2 nitrogen and oxygen atoms in total. The van der Waals surface area contributed by atoms with E-state index in [0.717, 1.165) is 78.2 Å². The first-order chi connectivity index (χ1) is 33.2. The molecule has 0 spiro atoms. The molecule has 0 fully saturated rings. The monoisotopic (exact) mass is 892 g/mol. The number of rotatable bonds is 7. The average molecular weight is 893 g/mol. The first-order valence-corrected chi connectivity index (χ1v) is 22.3. The second-order valence-electron chi connectivity index (χ2n) is 17.1. The normalized spacial score (nSPS) is 11.9. The van der Waals surface area contributed by atoms with Crippen LogP contribution in [-0.2, 0) is 6.18 Å². The molecule has 10 aromatic carbocycles. The van der Waals surface area contributed by atoms with Crippen LogP contribution in [0.3, 0.4) is 0 Å². The van der Waals surface area contributed by atoms with E-state index in [0.29, 0.717) is 22.1 Å². The van der Waals surface area contributed by atoms with E-state index >= 15 is 17.6 Å². The van der Waals surface area contributed by atoms with E-state index in [1.807, 2.05) is 194 Å². The Morgan fingerprint density at radius 2 is 0.559 bits per heavy atom. The second-order valence-corrected chi connectivity index (χ2v) is 17.1. The van der Waals surface area contributed by atoms with Crippen molar-refractivity contribution in [3.8, 4) is 67.0 Å². The van der Waals surface area contributed by atoms with Crippen molar-refractivity contribution in [1.82, 2.24) is 9.13 Å². The van der Waals surface area contributed by atoms with E-state index < -0.39 is 23.4 Å². The Hall–Kier alpha value is -8.55. The SMILES string of the molecule is Fc1ccc(-c2cc(-n3c4cc(-c5ccccc5)ccc4c4ccc(-c5ccccc5)cc43)c(C(F)(F)F)c(-n3c4cc(-c5ccccc5)ccc4c4ccc(-c5ccccc5)cc43)c2)cc1F. The lowest BCUT2D eigenvalue weighted by molar-refractivity contribution is -0.137. The summed E-state index contributed by atoms with van der Waals surface area (Å²) in [7, 11) is 0. The van der Waals surface area contributed by atoms with Crippen molar-refractivity contribution in [1.29, 1.82) is 0 Å². The fourth-order valence-corrected chi connectivity index (χ4v) is 9.89. The minimum atomic E-state index is -4.95. The number of halogens is 5. The van der Waals surface area contributed by atoms with Crippen molar-refractivity contribution < 1.29 is 22.0 Å². The molecule has 0 atom stereocenters. The van der Waals surface area contributed by atoms with Crippen LogP contribution in [-0.4, -0.2) is 9.13 Å². The Morgan fingerprint density at radius 3 is 0.853 bits per heavy atom.